The number of thiazole rings is 1. The molecule has 1 heterocycles. The number of benzene rings is 2. The van der Waals surface area contributed by atoms with Gasteiger partial charge in [-0.3, -0.25) is 10.1 Å². The Kier molecular flexibility index (Phi) is 7.23. The number of amides is 3. The van der Waals surface area contributed by atoms with E-state index < -0.39 is 0 Å². The number of aryl methyl sites for hydroxylation is 1. The first-order valence-electron chi connectivity index (χ1n) is 9.16. The van der Waals surface area contributed by atoms with E-state index in [4.69, 9.17) is 9.47 Å². The molecule has 0 fully saturated rings. The van der Waals surface area contributed by atoms with Crippen LogP contribution in [0.1, 0.15) is 12.1 Å². The molecular formula is C21H22N4O4S. The maximum Gasteiger partial charge on any atom is 0.325 e. The fourth-order valence-corrected chi connectivity index (χ4v) is 3.38. The first-order valence-corrected chi connectivity index (χ1v) is 10.0. The third-order valence-corrected chi connectivity index (χ3v) is 4.89. The van der Waals surface area contributed by atoms with Crippen LogP contribution in [0.2, 0.25) is 0 Å². The Bertz CT molecular complexity index is 1010. The monoisotopic (exact) mass is 426 g/mol. The van der Waals surface area contributed by atoms with Crippen molar-refractivity contribution in [2.24, 2.45) is 0 Å². The van der Waals surface area contributed by atoms with Crippen LogP contribution in [-0.4, -0.2) is 31.1 Å². The second-order valence-electron chi connectivity index (χ2n) is 6.21. The molecule has 3 rings (SSSR count). The Hall–Kier alpha value is -3.59. The summed E-state index contributed by atoms with van der Waals surface area (Å²) in [5, 5.41) is 10.5. The number of hydrogen-bond donors (Lipinski definition) is 3. The van der Waals surface area contributed by atoms with Gasteiger partial charge in [0.15, 0.2) is 16.6 Å². The molecule has 3 aromatic rings. The first kappa shape index (κ1) is 21.1. The summed E-state index contributed by atoms with van der Waals surface area (Å²) in [4.78, 5) is 28.6. The molecule has 2 aromatic carbocycles. The van der Waals surface area contributed by atoms with Crippen molar-refractivity contribution in [2.45, 2.75) is 12.8 Å². The van der Waals surface area contributed by atoms with E-state index in [-0.39, 0.29) is 18.4 Å². The zero-order valence-electron chi connectivity index (χ0n) is 16.6. The number of hydrogen-bond acceptors (Lipinski definition) is 6. The van der Waals surface area contributed by atoms with E-state index >= 15 is 0 Å². The van der Waals surface area contributed by atoms with Gasteiger partial charge in [-0.1, -0.05) is 18.2 Å². The van der Waals surface area contributed by atoms with E-state index in [0.29, 0.717) is 34.4 Å². The fourth-order valence-electron chi connectivity index (χ4n) is 2.64. The van der Waals surface area contributed by atoms with Gasteiger partial charge in [-0.15, -0.1) is 11.3 Å². The fraction of sp³-hybridized carbons (Fsp3) is 0.190. The van der Waals surface area contributed by atoms with Gasteiger partial charge in [-0.25, -0.2) is 9.78 Å². The summed E-state index contributed by atoms with van der Waals surface area (Å²) in [7, 11) is 3.09. The van der Waals surface area contributed by atoms with Crippen molar-refractivity contribution < 1.29 is 19.1 Å². The number of aromatic nitrogens is 1. The standard InChI is InChI=1S/C21H22N4O4S/c1-28-17-10-8-15(12-18(17)29-2)22-19(26)11-9-16-13-30-21(24-16)25-20(27)23-14-6-4-3-5-7-14/h3-8,10,12-13H,9,11H2,1-2H3,(H,22,26)(H2,23,24,25,27). The molecule has 8 nitrogen and oxygen atoms in total. The van der Waals surface area contributed by atoms with Crippen molar-refractivity contribution in [1.82, 2.24) is 4.98 Å². The van der Waals surface area contributed by atoms with Crippen molar-refractivity contribution in [2.75, 3.05) is 30.2 Å². The molecule has 30 heavy (non-hydrogen) atoms. The van der Waals surface area contributed by atoms with E-state index in [9.17, 15) is 9.59 Å². The summed E-state index contributed by atoms with van der Waals surface area (Å²) in [6.45, 7) is 0. The Balaban J connectivity index is 1.48. The maximum absolute atomic E-state index is 12.2. The third kappa shape index (κ3) is 5.95. The van der Waals surface area contributed by atoms with Crippen molar-refractivity contribution in [3.05, 3.63) is 59.6 Å². The number of carbonyl (C=O) groups excluding carboxylic acids is 2. The number of nitrogens with one attached hydrogen (secondary N) is 3. The van der Waals surface area contributed by atoms with Crippen molar-refractivity contribution in [3.8, 4) is 11.5 Å². The molecule has 0 unspecified atom stereocenters. The molecule has 0 spiro atoms. The quantitative estimate of drug-likeness (QED) is 0.496. The van der Waals surface area contributed by atoms with Gasteiger partial charge < -0.3 is 20.1 Å². The van der Waals surface area contributed by atoms with Crippen LogP contribution >= 0.6 is 11.3 Å². The number of para-hydroxylation sites is 1. The number of urea groups is 1. The highest BCUT2D eigenvalue weighted by atomic mass is 32.1. The van der Waals surface area contributed by atoms with Gasteiger partial charge in [0.2, 0.25) is 5.91 Å². The molecule has 9 heteroatoms. The lowest BCUT2D eigenvalue weighted by molar-refractivity contribution is -0.116. The third-order valence-electron chi connectivity index (χ3n) is 4.08. The lowest BCUT2D eigenvalue weighted by Crippen LogP contribution is -2.19. The Labute approximate surface area is 178 Å². The van der Waals surface area contributed by atoms with Crippen molar-refractivity contribution in [3.63, 3.8) is 0 Å². The Morgan fingerprint density at radius 2 is 1.70 bits per heavy atom. The molecule has 0 atom stereocenters. The van der Waals surface area contributed by atoms with Crippen LogP contribution in [0.15, 0.2) is 53.9 Å². The molecule has 0 aliphatic heterocycles. The first-order chi connectivity index (χ1) is 14.6. The minimum Gasteiger partial charge on any atom is -0.493 e. The molecule has 0 saturated carbocycles. The maximum atomic E-state index is 12.2. The minimum atomic E-state index is -0.367. The summed E-state index contributed by atoms with van der Waals surface area (Å²) >= 11 is 1.31. The molecule has 0 saturated heterocycles. The molecule has 0 radical (unpaired) electrons. The smallest absolute Gasteiger partial charge is 0.325 e. The second-order valence-corrected chi connectivity index (χ2v) is 7.07. The highest BCUT2D eigenvalue weighted by Crippen LogP contribution is 2.29. The van der Waals surface area contributed by atoms with Gasteiger partial charge in [-0.2, -0.15) is 0 Å². The predicted molar refractivity (Wildman–Crippen MR) is 118 cm³/mol. The van der Waals surface area contributed by atoms with Gasteiger partial charge in [0.25, 0.3) is 0 Å². The lowest BCUT2D eigenvalue weighted by Gasteiger charge is -2.10. The van der Waals surface area contributed by atoms with Crippen LogP contribution in [0, 0.1) is 0 Å². The highest BCUT2D eigenvalue weighted by molar-refractivity contribution is 7.13. The van der Waals surface area contributed by atoms with Gasteiger partial charge in [0.1, 0.15) is 0 Å². The molecular weight excluding hydrogens is 404 g/mol. The van der Waals surface area contributed by atoms with Crippen molar-refractivity contribution in [1.29, 1.82) is 0 Å². The van der Waals surface area contributed by atoms with E-state index in [1.54, 1.807) is 37.4 Å². The topological polar surface area (TPSA) is 102 Å². The molecule has 0 bridgehead atoms. The molecule has 0 aliphatic rings. The van der Waals surface area contributed by atoms with Gasteiger partial charge in [-0.05, 0) is 30.7 Å². The van der Waals surface area contributed by atoms with E-state index in [1.807, 2.05) is 23.6 Å². The number of ether oxygens (including phenoxy) is 2. The van der Waals surface area contributed by atoms with Crippen LogP contribution in [0.3, 0.4) is 0 Å². The number of rotatable bonds is 8. The normalized spacial score (nSPS) is 10.2. The molecule has 3 N–H and O–H groups in total. The zero-order valence-corrected chi connectivity index (χ0v) is 17.4. The second kappa shape index (κ2) is 10.3. The van der Waals surface area contributed by atoms with Gasteiger partial charge in [0, 0.05) is 29.2 Å². The number of methoxy groups -OCH3 is 2. The van der Waals surface area contributed by atoms with Crippen LogP contribution in [-0.2, 0) is 11.2 Å². The van der Waals surface area contributed by atoms with Gasteiger partial charge >= 0.3 is 6.03 Å². The molecule has 1 aromatic heterocycles. The van der Waals surface area contributed by atoms with Crippen LogP contribution < -0.4 is 25.4 Å². The van der Waals surface area contributed by atoms with Crippen LogP contribution in [0.25, 0.3) is 0 Å². The average Bonchev–Trinajstić information content (AvgIpc) is 3.20. The summed E-state index contributed by atoms with van der Waals surface area (Å²) in [5.41, 5.74) is 2.05. The Morgan fingerprint density at radius 3 is 2.43 bits per heavy atom. The number of nitrogens with zero attached hydrogens (tertiary/aromatic N) is 1. The summed E-state index contributed by atoms with van der Waals surface area (Å²) in [6, 6.07) is 13.9. The molecule has 156 valence electrons. The van der Waals surface area contributed by atoms with Crippen molar-refractivity contribution >= 4 is 39.8 Å². The van der Waals surface area contributed by atoms with E-state index in [0.717, 1.165) is 5.69 Å². The largest absolute Gasteiger partial charge is 0.493 e. The zero-order chi connectivity index (χ0) is 21.3. The predicted octanol–water partition coefficient (Wildman–Crippen LogP) is 4.38. The summed E-state index contributed by atoms with van der Waals surface area (Å²) in [5.74, 6) is 0.986. The summed E-state index contributed by atoms with van der Waals surface area (Å²) in [6.07, 6.45) is 0.714. The molecule has 0 aliphatic carbocycles. The minimum absolute atomic E-state index is 0.147. The van der Waals surface area contributed by atoms with Crippen LogP contribution in [0.5, 0.6) is 11.5 Å². The summed E-state index contributed by atoms with van der Waals surface area (Å²) < 4.78 is 10.4. The average molecular weight is 426 g/mol. The van der Waals surface area contributed by atoms with E-state index in [2.05, 4.69) is 20.9 Å². The molecule has 3 amide bonds. The Morgan fingerprint density at radius 1 is 0.933 bits per heavy atom. The van der Waals surface area contributed by atoms with Gasteiger partial charge in [0.05, 0.1) is 19.9 Å². The lowest BCUT2D eigenvalue weighted by atomic mass is 10.2. The SMILES string of the molecule is COc1ccc(NC(=O)CCc2csc(NC(=O)Nc3ccccc3)n2)cc1OC. The van der Waals surface area contributed by atoms with E-state index in [1.165, 1.54) is 18.4 Å². The highest BCUT2D eigenvalue weighted by Gasteiger charge is 2.10. The number of anilines is 3. The van der Waals surface area contributed by atoms with Crippen LogP contribution in [0.4, 0.5) is 21.3 Å². The number of carbonyl (C=O) groups is 2.